The van der Waals surface area contributed by atoms with Crippen LogP contribution in [0.4, 0.5) is 4.39 Å². The Balaban J connectivity index is 1.55. The Hall–Kier alpha value is -3.61. The summed E-state index contributed by atoms with van der Waals surface area (Å²) in [7, 11) is 1.60. The van der Waals surface area contributed by atoms with Gasteiger partial charge >= 0.3 is 0 Å². The van der Waals surface area contributed by atoms with Gasteiger partial charge in [-0.25, -0.2) is 9.40 Å². The molecule has 1 atom stereocenters. The first kappa shape index (κ1) is 18.7. The summed E-state index contributed by atoms with van der Waals surface area (Å²) in [5.41, 5.74) is 1.63. The van der Waals surface area contributed by atoms with E-state index < -0.39 is 11.7 Å². The van der Waals surface area contributed by atoms with E-state index in [-0.39, 0.29) is 18.4 Å². The molecule has 7 heteroatoms. The number of amides is 1. The number of nitrogens with zero attached hydrogens (tertiary/aromatic N) is 2. The van der Waals surface area contributed by atoms with Gasteiger partial charge in [-0.05, 0) is 54.1 Å². The average Bonchev–Trinajstić information content (AvgIpc) is 3.43. The standard InChI is InChI=1S/C22H19FN2O4/c1-27-16-10-8-15(9-11-16)18-13-19(21-7-4-12-28-21)25(24-18)22(26)14-29-20-6-3-2-5-17(20)23/h2-12,19H,13-14H2,1H3/t19-/m0/s1. The highest BCUT2D eigenvalue weighted by Gasteiger charge is 2.35. The summed E-state index contributed by atoms with van der Waals surface area (Å²) in [5.74, 6) is 0.469. The van der Waals surface area contributed by atoms with Gasteiger partial charge in [0.25, 0.3) is 5.91 Å². The summed E-state index contributed by atoms with van der Waals surface area (Å²) in [6, 6.07) is 16.6. The predicted molar refractivity (Wildman–Crippen MR) is 104 cm³/mol. The number of carbonyl (C=O) groups excluding carboxylic acids is 1. The van der Waals surface area contributed by atoms with E-state index in [1.807, 2.05) is 24.3 Å². The lowest BCUT2D eigenvalue weighted by molar-refractivity contribution is -0.135. The number of hydrogen-bond donors (Lipinski definition) is 0. The van der Waals surface area contributed by atoms with Crippen molar-refractivity contribution in [1.82, 2.24) is 5.01 Å². The first-order valence-corrected chi connectivity index (χ1v) is 9.10. The number of carbonyl (C=O) groups is 1. The molecule has 3 aromatic rings. The number of benzene rings is 2. The molecule has 0 spiro atoms. The Bertz CT molecular complexity index is 1020. The maximum absolute atomic E-state index is 13.8. The molecule has 2 aromatic carbocycles. The van der Waals surface area contributed by atoms with E-state index in [1.165, 1.54) is 17.1 Å². The van der Waals surface area contributed by atoms with Crippen LogP contribution in [0.15, 0.2) is 76.4 Å². The number of halogens is 1. The van der Waals surface area contributed by atoms with E-state index in [9.17, 15) is 9.18 Å². The molecule has 1 amide bonds. The molecule has 6 nitrogen and oxygen atoms in total. The van der Waals surface area contributed by atoms with Gasteiger partial charge in [0.2, 0.25) is 0 Å². The zero-order valence-corrected chi connectivity index (χ0v) is 15.7. The second-order valence-corrected chi connectivity index (χ2v) is 6.47. The summed E-state index contributed by atoms with van der Waals surface area (Å²) < 4.78 is 29.8. The summed E-state index contributed by atoms with van der Waals surface area (Å²) in [6.07, 6.45) is 2.05. The van der Waals surface area contributed by atoms with Crippen molar-refractivity contribution in [2.24, 2.45) is 5.10 Å². The van der Waals surface area contributed by atoms with Gasteiger partial charge in [0.15, 0.2) is 18.2 Å². The van der Waals surface area contributed by atoms with E-state index in [4.69, 9.17) is 13.9 Å². The van der Waals surface area contributed by atoms with Crippen molar-refractivity contribution in [2.45, 2.75) is 12.5 Å². The Labute approximate surface area is 167 Å². The monoisotopic (exact) mass is 394 g/mol. The smallest absolute Gasteiger partial charge is 0.281 e. The average molecular weight is 394 g/mol. The first-order valence-electron chi connectivity index (χ1n) is 9.10. The number of ether oxygens (including phenoxy) is 2. The fourth-order valence-electron chi connectivity index (χ4n) is 3.17. The molecule has 148 valence electrons. The molecule has 29 heavy (non-hydrogen) atoms. The van der Waals surface area contributed by atoms with E-state index in [1.54, 1.807) is 37.6 Å². The number of para-hydroxylation sites is 1. The minimum atomic E-state index is -0.522. The van der Waals surface area contributed by atoms with E-state index in [0.29, 0.717) is 12.2 Å². The molecule has 0 N–H and O–H groups in total. The highest BCUT2D eigenvalue weighted by Crippen LogP contribution is 2.33. The van der Waals surface area contributed by atoms with Gasteiger partial charge in [-0.1, -0.05) is 12.1 Å². The Morgan fingerprint density at radius 2 is 1.97 bits per heavy atom. The van der Waals surface area contributed by atoms with Gasteiger partial charge in [-0.3, -0.25) is 4.79 Å². The van der Waals surface area contributed by atoms with E-state index in [0.717, 1.165) is 17.0 Å². The molecular weight excluding hydrogens is 375 g/mol. The maximum atomic E-state index is 13.8. The molecule has 1 aliphatic rings. The van der Waals surface area contributed by atoms with Crippen LogP contribution in [0.1, 0.15) is 23.8 Å². The van der Waals surface area contributed by atoms with Crippen LogP contribution in [-0.2, 0) is 4.79 Å². The van der Waals surface area contributed by atoms with Crippen molar-refractivity contribution in [3.05, 3.63) is 84.1 Å². The molecule has 0 fully saturated rings. The molecular formula is C22H19FN2O4. The van der Waals surface area contributed by atoms with Crippen molar-refractivity contribution in [3.63, 3.8) is 0 Å². The molecule has 0 radical (unpaired) electrons. The summed E-state index contributed by atoms with van der Waals surface area (Å²) in [6.45, 7) is -0.336. The lowest BCUT2D eigenvalue weighted by atomic mass is 10.0. The lowest BCUT2D eigenvalue weighted by Crippen LogP contribution is -2.31. The number of methoxy groups -OCH3 is 1. The second kappa shape index (κ2) is 8.18. The fraction of sp³-hybridized carbons (Fsp3) is 0.182. The molecule has 1 aromatic heterocycles. The highest BCUT2D eigenvalue weighted by molar-refractivity contribution is 6.03. The summed E-state index contributed by atoms with van der Waals surface area (Å²) in [5, 5.41) is 5.86. The number of hydrogen-bond acceptors (Lipinski definition) is 5. The zero-order chi connectivity index (χ0) is 20.2. The largest absolute Gasteiger partial charge is 0.497 e. The molecule has 0 aliphatic carbocycles. The third kappa shape index (κ3) is 3.99. The minimum absolute atomic E-state index is 0.0222. The van der Waals surface area contributed by atoms with Gasteiger partial charge in [0.1, 0.15) is 17.6 Å². The van der Waals surface area contributed by atoms with Crippen LogP contribution in [0.5, 0.6) is 11.5 Å². The summed E-state index contributed by atoms with van der Waals surface area (Å²) >= 11 is 0. The molecule has 0 saturated carbocycles. The number of rotatable bonds is 6. The number of hydrazone groups is 1. The molecule has 0 unspecified atom stereocenters. The van der Waals surface area contributed by atoms with Crippen LogP contribution in [0.3, 0.4) is 0 Å². The van der Waals surface area contributed by atoms with Crippen LogP contribution in [0, 0.1) is 5.82 Å². The Morgan fingerprint density at radius 3 is 2.66 bits per heavy atom. The molecule has 2 heterocycles. The highest BCUT2D eigenvalue weighted by atomic mass is 19.1. The molecule has 1 aliphatic heterocycles. The van der Waals surface area contributed by atoms with E-state index >= 15 is 0 Å². The van der Waals surface area contributed by atoms with Gasteiger partial charge in [-0.15, -0.1) is 0 Å². The molecule has 4 rings (SSSR count). The van der Waals surface area contributed by atoms with Crippen LogP contribution in [-0.4, -0.2) is 30.3 Å². The van der Waals surface area contributed by atoms with Crippen molar-refractivity contribution >= 4 is 11.6 Å². The topological polar surface area (TPSA) is 64.3 Å². The van der Waals surface area contributed by atoms with Gasteiger partial charge in [0, 0.05) is 6.42 Å². The third-order valence-corrected chi connectivity index (χ3v) is 4.65. The van der Waals surface area contributed by atoms with Crippen molar-refractivity contribution in [2.75, 3.05) is 13.7 Å². The lowest BCUT2D eigenvalue weighted by Gasteiger charge is -2.20. The first-order chi connectivity index (χ1) is 14.2. The Kier molecular flexibility index (Phi) is 5.29. The third-order valence-electron chi connectivity index (χ3n) is 4.65. The van der Waals surface area contributed by atoms with Crippen LogP contribution >= 0.6 is 0 Å². The van der Waals surface area contributed by atoms with Crippen molar-refractivity contribution in [3.8, 4) is 11.5 Å². The predicted octanol–water partition coefficient (Wildman–Crippen LogP) is 4.18. The molecule has 0 saturated heterocycles. The van der Waals surface area contributed by atoms with Crippen molar-refractivity contribution < 1.29 is 23.1 Å². The summed E-state index contributed by atoms with van der Waals surface area (Å²) in [4.78, 5) is 12.8. The quantitative estimate of drug-likeness (QED) is 0.629. The van der Waals surface area contributed by atoms with Crippen LogP contribution in [0.2, 0.25) is 0 Å². The zero-order valence-electron chi connectivity index (χ0n) is 15.7. The fourth-order valence-corrected chi connectivity index (χ4v) is 3.17. The SMILES string of the molecule is COc1ccc(C2=NN(C(=O)COc3ccccc3F)[C@H](c3ccco3)C2)cc1. The normalized spacial score (nSPS) is 15.9. The maximum Gasteiger partial charge on any atom is 0.281 e. The second-order valence-electron chi connectivity index (χ2n) is 6.47. The molecule has 0 bridgehead atoms. The van der Waals surface area contributed by atoms with Crippen molar-refractivity contribution in [1.29, 1.82) is 0 Å². The Morgan fingerprint density at radius 1 is 1.17 bits per heavy atom. The minimum Gasteiger partial charge on any atom is -0.497 e. The van der Waals surface area contributed by atoms with Gasteiger partial charge in [0.05, 0.1) is 19.1 Å². The van der Waals surface area contributed by atoms with Gasteiger partial charge < -0.3 is 13.9 Å². The van der Waals surface area contributed by atoms with Gasteiger partial charge in [-0.2, -0.15) is 5.10 Å². The number of furan rings is 1. The van der Waals surface area contributed by atoms with E-state index in [2.05, 4.69) is 5.10 Å². The van der Waals surface area contributed by atoms with Crippen LogP contribution in [0.25, 0.3) is 0 Å². The van der Waals surface area contributed by atoms with Crippen LogP contribution < -0.4 is 9.47 Å².